The third-order valence-corrected chi connectivity index (χ3v) is 4.85. The molecule has 0 bridgehead atoms. The van der Waals surface area contributed by atoms with E-state index in [1.54, 1.807) is 18.7 Å². The summed E-state index contributed by atoms with van der Waals surface area (Å²) in [5, 5.41) is 2.53. The van der Waals surface area contributed by atoms with Gasteiger partial charge in [-0.25, -0.2) is 8.78 Å². The van der Waals surface area contributed by atoms with Crippen molar-refractivity contribution in [2.45, 2.75) is 32.9 Å². The van der Waals surface area contributed by atoms with E-state index in [9.17, 15) is 18.4 Å². The molecule has 1 heterocycles. The molecule has 0 saturated heterocycles. The monoisotopic (exact) mass is 372 g/mol. The summed E-state index contributed by atoms with van der Waals surface area (Å²) in [6.45, 7) is 4.59. The van der Waals surface area contributed by atoms with Crippen LogP contribution in [-0.4, -0.2) is 29.3 Å². The predicted octanol–water partition coefficient (Wildman–Crippen LogP) is 3.30. The Bertz CT molecular complexity index is 847. The lowest BCUT2D eigenvalue weighted by atomic mass is 9.97. The predicted molar refractivity (Wildman–Crippen MR) is 98.0 cm³/mol. The van der Waals surface area contributed by atoms with E-state index < -0.39 is 29.1 Å². The summed E-state index contributed by atoms with van der Waals surface area (Å²) in [4.78, 5) is 27.1. The van der Waals surface area contributed by atoms with Crippen LogP contribution in [0.2, 0.25) is 0 Å². The Kier molecular flexibility index (Phi) is 5.54. The van der Waals surface area contributed by atoms with Crippen LogP contribution in [0.3, 0.4) is 0 Å². The molecule has 0 radical (unpaired) electrons. The highest BCUT2D eigenvalue weighted by atomic mass is 19.1. The minimum atomic E-state index is -0.950. The smallest absolute Gasteiger partial charge is 0.257 e. The SMILES string of the molecule is CC(C)C(NC(=O)c1c(F)cccc1F)C(=O)N1CCc2ccccc2C1. The van der Waals surface area contributed by atoms with Crippen molar-refractivity contribution in [1.82, 2.24) is 10.2 Å². The third-order valence-electron chi connectivity index (χ3n) is 4.85. The molecule has 2 amide bonds. The van der Waals surface area contributed by atoms with E-state index in [0.29, 0.717) is 13.1 Å². The number of fused-ring (bicyclic) bond motifs is 1. The summed E-state index contributed by atoms with van der Waals surface area (Å²) in [6, 6.07) is 10.3. The summed E-state index contributed by atoms with van der Waals surface area (Å²) >= 11 is 0. The fourth-order valence-corrected chi connectivity index (χ4v) is 3.32. The zero-order valence-corrected chi connectivity index (χ0v) is 15.3. The summed E-state index contributed by atoms with van der Waals surface area (Å²) in [7, 11) is 0. The van der Waals surface area contributed by atoms with Gasteiger partial charge in [0, 0.05) is 13.1 Å². The molecule has 2 aromatic rings. The molecule has 142 valence electrons. The van der Waals surface area contributed by atoms with Crippen molar-refractivity contribution >= 4 is 11.8 Å². The van der Waals surface area contributed by atoms with Gasteiger partial charge in [0.15, 0.2) is 0 Å². The maximum Gasteiger partial charge on any atom is 0.257 e. The van der Waals surface area contributed by atoms with Crippen LogP contribution in [0.25, 0.3) is 0 Å². The summed E-state index contributed by atoms with van der Waals surface area (Å²) in [6.07, 6.45) is 0.739. The summed E-state index contributed by atoms with van der Waals surface area (Å²) in [5.74, 6) is -3.29. The molecule has 0 saturated carbocycles. The van der Waals surface area contributed by atoms with Gasteiger partial charge in [0.25, 0.3) is 5.91 Å². The second kappa shape index (κ2) is 7.86. The van der Waals surface area contributed by atoms with Crippen molar-refractivity contribution in [3.63, 3.8) is 0 Å². The highest BCUT2D eigenvalue weighted by Crippen LogP contribution is 2.21. The molecule has 27 heavy (non-hydrogen) atoms. The number of carbonyl (C=O) groups excluding carboxylic acids is 2. The van der Waals surface area contributed by atoms with E-state index in [-0.39, 0.29) is 11.8 Å². The molecular weight excluding hydrogens is 350 g/mol. The van der Waals surface area contributed by atoms with Crippen molar-refractivity contribution < 1.29 is 18.4 Å². The van der Waals surface area contributed by atoms with E-state index in [4.69, 9.17) is 0 Å². The molecule has 0 fully saturated rings. The number of halogens is 2. The molecule has 4 nitrogen and oxygen atoms in total. The van der Waals surface area contributed by atoms with Gasteiger partial charge in [-0.1, -0.05) is 44.2 Å². The number of hydrogen-bond acceptors (Lipinski definition) is 2. The summed E-state index contributed by atoms with van der Waals surface area (Å²) < 4.78 is 27.8. The van der Waals surface area contributed by atoms with Crippen molar-refractivity contribution in [1.29, 1.82) is 0 Å². The second-order valence-corrected chi connectivity index (χ2v) is 7.07. The van der Waals surface area contributed by atoms with Crippen LogP contribution in [0.1, 0.15) is 35.3 Å². The lowest BCUT2D eigenvalue weighted by Crippen LogP contribution is -2.52. The molecule has 1 unspecified atom stereocenters. The molecule has 1 aliphatic rings. The van der Waals surface area contributed by atoms with E-state index in [1.165, 1.54) is 11.6 Å². The molecule has 0 aliphatic carbocycles. The Balaban J connectivity index is 1.78. The van der Waals surface area contributed by atoms with Gasteiger partial charge < -0.3 is 10.2 Å². The number of rotatable bonds is 4. The number of hydrogen-bond donors (Lipinski definition) is 1. The zero-order valence-electron chi connectivity index (χ0n) is 15.3. The van der Waals surface area contributed by atoms with Crippen LogP contribution in [0.15, 0.2) is 42.5 Å². The first-order valence-electron chi connectivity index (χ1n) is 8.99. The van der Waals surface area contributed by atoms with Crippen molar-refractivity contribution in [2.75, 3.05) is 6.54 Å². The fourth-order valence-electron chi connectivity index (χ4n) is 3.32. The first kappa shape index (κ1) is 19.0. The van der Waals surface area contributed by atoms with Gasteiger partial charge in [0.05, 0.1) is 0 Å². The fraction of sp³-hybridized carbons (Fsp3) is 0.333. The number of amides is 2. The van der Waals surface area contributed by atoms with Crippen molar-refractivity contribution in [3.05, 3.63) is 70.8 Å². The Hall–Kier alpha value is -2.76. The molecule has 3 rings (SSSR count). The van der Waals surface area contributed by atoms with Gasteiger partial charge in [0.1, 0.15) is 23.2 Å². The first-order valence-corrected chi connectivity index (χ1v) is 8.99. The van der Waals surface area contributed by atoms with Crippen LogP contribution in [-0.2, 0) is 17.8 Å². The Morgan fingerprint density at radius 3 is 2.26 bits per heavy atom. The standard InChI is InChI=1S/C21H22F2N2O2/c1-13(2)19(24-20(26)18-16(22)8-5-9-17(18)23)21(27)25-11-10-14-6-3-4-7-15(14)12-25/h3-9,13,19H,10-12H2,1-2H3,(H,24,26). The highest BCUT2D eigenvalue weighted by Gasteiger charge is 2.32. The van der Waals surface area contributed by atoms with Gasteiger partial charge in [-0.3, -0.25) is 9.59 Å². The Morgan fingerprint density at radius 2 is 1.63 bits per heavy atom. The van der Waals surface area contributed by atoms with Crippen LogP contribution >= 0.6 is 0 Å². The minimum Gasteiger partial charge on any atom is -0.340 e. The molecular formula is C21H22F2N2O2. The van der Waals surface area contributed by atoms with Crippen LogP contribution in [0, 0.1) is 17.6 Å². The topological polar surface area (TPSA) is 49.4 Å². The Labute approximate surface area is 157 Å². The molecule has 1 N–H and O–H groups in total. The number of carbonyl (C=O) groups is 2. The molecule has 0 aromatic heterocycles. The van der Waals surface area contributed by atoms with E-state index >= 15 is 0 Å². The van der Waals surface area contributed by atoms with Gasteiger partial charge in [-0.15, -0.1) is 0 Å². The molecule has 6 heteroatoms. The number of benzene rings is 2. The van der Waals surface area contributed by atoms with Crippen LogP contribution < -0.4 is 5.32 Å². The Morgan fingerprint density at radius 1 is 1.00 bits per heavy atom. The van der Waals surface area contributed by atoms with Gasteiger partial charge >= 0.3 is 0 Å². The van der Waals surface area contributed by atoms with E-state index in [2.05, 4.69) is 5.32 Å². The maximum absolute atomic E-state index is 13.9. The third kappa shape index (κ3) is 3.99. The quantitative estimate of drug-likeness (QED) is 0.895. The average molecular weight is 372 g/mol. The van der Waals surface area contributed by atoms with Crippen molar-refractivity contribution in [2.24, 2.45) is 5.92 Å². The van der Waals surface area contributed by atoms with E-state index in [1.807, 2.05) is 24.3 Å². The van der Waals surface area contributed by atoms with Gasteiger partial charge in [-0.05, 0) is 35.6 Å². The highest BCUT2D eigenvalue weighted by molar-refractivity contribution is 5.98. The summed E-state index contributed by atoms with van der Waals surface area (Å²) in [5.41, 5.74) is 1.62. The normalized spacial score (nSPS) is 14.6. The molecule has 1 atom stereocenters. The molecule has 1 aliphatic heterocycles. The largest absolute Gasteiger partial charge is 0.340 e. The number of nitrogens with zero attached hydrogens (tertiary/aromatic N) is 1. The van der Waals surface area contributed by atoms with Crippen LogP contribution in [0.5, 0.6) is 0 Å². The second-order valence-electron chi connectivity index (χ2n) is 7.07. The number of nitrogens with one attached hydrogen (secondary N) is 1. The van der Waals surface area contributed by atoms with Crippen molar-refractivity contribution in [3.8, 4) is 0 Å². The van der Waals surface area contributed by atoms with Gasteiger partial charge in [0.2, 0.25) is 5.91 Å². The lowest BCUT2D eigenvalue weighted by molar-refractivity contribution is -0.135. The zero-order chi connectivity index (χ0) is 19.6. The lowest BCUT2D eigenvalue weighted by Gasteiger charge is -2.33. The van der Waals surface area contributed by atoms with Gasteiger partial charge in [-0.2, -0.15) is 0 Å². The minimum absolute atomic E-state index is 0.228. The van der Waals surface area contributed by atoms with Crippen LogP contribution in [0.4, 0.5) is 8.78 Å². The maximum atomic E-state index is 13.9. The average Bonchev–Trinajstić information content (AvgIpc) is 2.64. The molecule has 0 spiro atoms. The molecule has 2 aromatic carbocycles. The first-order chi connectivity index (χ1) is 12.9. The van der Waals surface area contributed by atoms with E-state index in [0.717, 1.165) is 24.1 Å².